The predicted octanol–water partition coefficient (Wildman–Crippen LogP) is 2.50. The molecule has 2 N–H and O–H groups in total. The van der Waals surface area contributed by atoms with Crippen LogP contribution in [0.1, 0.15) is 18.9 Å². The summed E-state index contributed by atoms with van der Waals surface area (Å²) in [4.78, 5) is 0. The summed E-state index contributed by atoms with van der Waals surface area (Å²) in [6.07, 6.45) is 0.318. The molecule has 0 bridgehead atoms. The van der Waals surface area contributed by atoms with Gasteiger partial charge in [0.15, 0.2) is 0 Å². The van der Waals surface area contributed by atoms with E-state index < -0.39 is 0 Å². The van der Waals surface area contributed by atoms with Gasteiger partial charge in [0.05, 0.1) is 17.4 Å². The Hall–Kier alpha value is -1.05. The molecule has 80 valence electrons. The first kappa shape index (κ1) is 12.0. The molecule has 0 aliphatic heterocycles. The van der Waals surface area contributed by atoms with Crippen LogP contribution in [0.4, 0.5) is 5.69 Å². The SMILES string of the molecule is CCC(O)CNc1cc(Br)ccc1C#N. The lowest BCUT2D eigenvalue weighted by Gasteiger charge is -2.12. The zero-order chi connectivity index (χ0) is 11.3. The molecule has 0 saturated carbocycles. The van der Waals surface area contributed by atoms with Gasteiger partial charge in [-0.2, -0.15) is 5.26 Å². The lowest BCUT2D eigenvalue weighted by atomic mass is 10.2. The van der Waals surface area contributed by atoms with E-state index in [0.717, 1.165) is 10.2 Å². The topological polar surface area (TPSA) is 56.0 Å². The molecule has 3 nitrogen and oxygen atoms in total. The number of hydrogen-bond acceptors (Lipinski definition) is 3. The maximum absolute atomic E-state index is 9.40. The highest BCUT2D eigenvalue weighted by Crippen LogP contribution is 2.20. The maximum atomic E-state index is 9.40. The van der Waals surface area contributed by atoms with Crippen LogP contribution in [0.25, 0.3) is 0 Å². The number of anilines is 1. The van der Waals surface area contributed by atoms with E-state index in [2.05, 4.69) is 27.3 Å². The van der Waals surface area contributed by atoms with Crippen LogP contribution in [0.15, 0.2) is 22.7 Å². The fourth-order valence-corrected chi connectivity index (χ4v) is 1.49. The second kappa shape index (κ2) is 5.74. The minimum atomic E-state index is -0.379. The second-order valence-electron chi connectivity index (χ2n) is 3.24. The van der Waals surface area contributed by atoms with Crippen molar-refractivity contribution >= 4 is 21.6 Å². The molecule has 0 aliphatic carbocycles. The molecule has 0 heterocycles. The van der Waals surface area contributed by atoms with Gasteiger partial charge in [0.2, 0.25) is 0 Å². The van der Waals surface area contributed by atoms with Crippen LogP contribution in [-0.2, 0) is 0 Å². The number of aliphatic hydroxyl groups is 1. The number of benzene rings is 1. The fourth-order valence-electron chi connectivity index (χ4n) is 1.13. The average molecular weight is 269 g/mol. The highest BCUT2D eigenvalue weighted by Gasteiger charge is 2.04. The molecular formula is C11H13BrN2O. The van der Waals surface area contributed by atoms with Gasteiger partial charge in [0.25, 0.3) is 0 Å². The number of nitriles is 1. The summed E-state index contributed by atoms with van der Waals surface area (Å²) in [5.41, 5.74) is 1.33. The Morgan fingerprint density at radius 2 is 2.33 bits per heavy atom. The van der Waals surface area contributed by atoms with Crippen molar-refractivity contribution in [2.24, 2.45) is 0 Å². The zero-order valence-corrected chi connectivity index (χ0v) is 10.1. The Balaban J connectivity index is 2.75. The van der Waals surface area contributed by atoms with Crippen LogP contribution in [0.5, 0.6) is 0 Å². The third-order valence-electron chi connectivity index (χ3n) is 2.10. The van der Waals surface area contributed by atoms with E-state index in [0.29, 0.717) is 18.5 Å². The summed E-state index contributed by atoms with van der Waals surface area (Å²) in [6.45, 7) is 2.38. The van der Waals surface area contributed by atoms with Crippen molar-refractivity contribution in [2.75, 3.05) is 11.9 Å². The van der Waals surface area contributed by atoms with Gasteiger partial charge in [-0.3, -0.25) is 0 Å². The van der Waals surface area contributed by atoms with Gasteiger partial charge >= 0.3 is 0 Å². The number of nitrogens with zero attached hydrogens (tertiary/aromatic N) is 1. The molecule has 0 spiro atoms. The largest absolute Gasteiger partial charge is 0.391 e. The molecule has 1 rings (SSSR count). The fraction of sp³-hybridized carbons (Fsp3) is 0.364. The Morgan fingerprint density at radius 1 is 1.60 bits per heavy atom. The van der Waals surface area contributed by atoms with Gasteiger partial charge < -0.3 is 10.4 Å². The molecule has 1 aromatic rings. The van der Waals surface area contributed by atoms with Crippen molar-refractivity contribution in [2.45, 2.75) is 19.4 Å². The molecule has 4 heteroatoms. The van der Waals surface area contributed by atoms with E-state index in [1.807, 2.05) is 19.1 Å². The van der Waals surface area contributed by atoms with Crippen molar-refractivity contribution in [3.8, 4) is 6.07 Å². The third-order valence-corrected chi connectivity index (χ3v) is 2.59. The maximum Gasteiger partial charge on any atom is 0.101 e. The normalized spacial score (nSPS) is 11.9. The number of halogens is 1. The molecule has 0 amide bonds. The van der Waals surface area contributed by atoms with E-state index in [-0.39, 0.29) is 6.10 Å². The van der Waals surface area contributed by atoms with Crippen LogP contribution in [0.2, 0.25) is 0 Å². The first-order chi connectivity index (χ1) is 7.17. The molecule has 1 unspecified atom stereocenters. The van der Waals surface area contributed by atoms with E-state index in [1.54, 1.807) is 6.07 Å². The summed E-state index contributed by atoms with van der Waals surface area (Å²) in [5, 5.41) is 21.3. The first-order valence-electron chi connectivity index (χ1n) is 4.79. The molecule has 15 heavy (non-hydrogen) atoms. The highest BCUT2D eigenvalue weighted by atomic mass is 79.9. The van der Waals surface area contributed by atoms with Crippen molar-refractivity contribution in [1.29, 1.82) is 5.26 Å². The lowest BCUT2D eigenvalue weighted by molar-refractivity contribution is 0.183. The van der Waals surface area contributed by atoms with Gasteiger partial charge in [-0.05, 0) is 24.6 Å². The number of nitrogens with one attached hydrogen (secondary N) is 1. The molecule has 0 fully saturated rings. The number of aliphatic hydroxyl groups excluding tert-OH is 1. The smallest absolute Gasteiger partial charge is 0.101 e. The lowest BCUT2D eigenvalue weighted by Crippen LogP contribution is -2.18. The van der Waals surface area contributed by atoms with Crippen LogP contribution in [0, 0.1) is 11.3 Å². The predicted molar refractivity (Wildman–Crippen MR) is 63.6 cm³/mol. The van der Waals surface area contributed by atoms with Crippen molar-refractivity contribution in [1.82, 2.24) is 0 Å². The quantitative estimate of drug-likeness (QED) is 0.883. The minimum absolute atomic E-state index is 0.379. The van der Waals surface area contributed by atoms with Crippen LogP contribution >= 0.6 is 15.9 Å². The van der Waals surface area contributed by atoms with E-state index in [1.165, 1.54) is 0 Å². The van der Waals surface area contributed by atoms with Crippen LogP contribution in [-0.4, -0.2) is 17.8 Å². The summed E-state index contributed by atoms with van der Waals surface area (Å²) >= 11 is 3.34. The molecule has 1 atom stereocenters. The third kappa shape index (κ3) is 3.54. The summed E-state index contributed by atoms with van der Waals surface area (Å²) < 4.78 is 0.912. The van der Waals surface area contributed by atoms with Gasteiger partial charge in [-0.25, -0.2) is 0 Å². The molecular weight excluding hydrogens is 256 g/mol. The zero-order valence-electron chi connectivity index (χ0n) is 8.50. The van der Waals surface area contributed by atoms with Gasteiger partial charge in [0.1, 0.15) is 6.07 Å². The summed E-state index contributed by atoms with van der Waals surface area (Å²) in [7, 11) is 0. The number of rotatable bonds is 4. The van der Waals surface area contributed by atoms with Crippen LogP contribution < -0.4 is 5.32 Å². The standard InChI is InChI=1S/C11H13BrN2O/c1-2-10(15)7-14-11-5-9(12)4-3-8(11)6-13/h3-5,10,14-15H,2,7H2,1H3. The van der Waals surface area contributed by atoms with E-state index >= 15 is 0 Å². The van der Waals surface area contributed by atoms with E-state index in [4.69, 9.17) is 5.26 Å². The van der Waals surface area contributed by atoms with Crippen molar-refractivity contribution in [3.05, 3.63) is 28.2 Å². The van der Waals surface area contributed by atoms with Crippen molar-refractivity contribution in [3.63, 3.8) is 0 Å². The highest BCUT2D eigenvalue weighted by molar-refractivity contribution is 9.10. The Kier molecular flexibility index (Phi) is 4.60. The van der Waals surface area contributed by atoms with Gasteiger partial charge in [-0.1, -0.05) is 22.9 Å². The molecule has 0 radical (unpaired) electrons. The average Bonchev–Trinajstić information content (AvgIpc) is 2.26. The van der Waals surface area contributed by atoms with Crippen molar-refractivity contribution < 1.29 is 5.11 Å². The second-order valence-corrected chi connectivity index (χ2v) is 4.16. The van der Waals surface area contributed by atoms with Crippen LogP contribution in [0.3, 0.4) is 0 Å². The minimum Gasteiger partial charge on any atom is -0.391 e. The summed E-state index contributed by atoms with van der Waals surface area (Å²) in [6, 6.07) is 7.49. The number of hydrogen-bond donors (Lipinski definition) is 2. The molecule has 0 aliphatic rings. The Bertz CT molecular complexity index is 373. The van der Waals surface area contributed by atoms with Gasteiger partial charge in [0, 0.05) is 11.0 Å². The first-order valence-corrected chi connectivity index (χ1v) is 5.58. The monoisotopic (exact) mass is 268 g/mol. The Labute approximate surface area is 97.9 Å². The van der Waals surface area contributed by atoms with Gasteiger partial charge in [-0.15, -0.1) is 0 Å². The van der Waals surface area contributed by atoms with E-state index in [9.17, 15) is 5.11 Å². The molecule has 0 aromatic heterocycles. The molecule has 1 aromatic carbocycles. The molecule has 0 saturated heterocycles. The Morgan fingerprint density at radius 3 is 2.93 bits per heavy atom. The summed E-state index contributed by atoms with van der Waals surface area (Å²) in [5.74, 6) is 0.